The molecule has 0 amide bonds. The van der Waals surface area contributed by atoms with Gasteiger partial charge >= 0.3 is 5.97 Å². The van der Waals surface area contributed by atoms with Crippen LogP contribution in [0.3, 0.4) is 0 Å². The number of carbonyl (C=O) groups is 1. The Morgan fingerprint density at radius 1 is 1.10 bits per heavy atom. The van der Waals surface area contributed by atoms with Gasteiger partial charge in [0.2, 0.25) is 0 Å². The van der Waals surface area contributed by atoms with E-state index >= 15 is 0 Å². The molecule has 0 heterocycles. The van der Waals surface area contributed by atoms with Crippen molar-refractivity contribution in [2.24, 2.45) is 16.8 Å². The van der Waals surface area contributed by atoms with Gasteiger partial charge in [-0.2, -0.15) is 0 Å². The third-order valence-corrected chi connectivity index (χ3v) is 4.16. The molecule has 0 fully saturated rings. The number of carboxylic acids is 1. The van der Waals surface area contributed by atoms with Crippen LogP contribution in [0.15, 0.2) is 4.99 Å². The van der Waals surface area contributed by atoms with E-state index in [1.54, 1.807) is 0 Å². The summed E-state index contributed by atoms with van der Waals surface area (Å²) < 4.78 is 0. The molecule has 0 aromatic heterocycles. The molecule has 0 aromatic carbocycles. The van der Waals surface area contributed by atoms with Gasteiger partial charge in [-0.25, -0.2) is 4.99 Å². The van der Waals surface area contributed by atoms with Crippen LogP contribution in [0.25, 0.3) is 0 Å². The molecule has 0 aromatic rings. The molecule has 0 aliphatic heterocycles. The molecular weight excluding hydrogens is 282 g/mol. The number of rotatable bonds is 14. The van der Waals surface area contributed by atoms with Crippen LogP contribution in [0.4, 0.5) is 0 Å². The van der Waals surface area contributed by atoms with Gasteiger partial charge in [0.15, 0.2) is 0 Å². The summed E-state index contributed by atoms with van der Waals surface area (Å²) in [4.78, 5) is 14.8. The first kappa shape index (κ1) is 20.3. The minimum Gasteiger partial charge on any atom is -0.481 e. The Balaban J connectivity index is 3.65. The first-order valence-corrected chi connectivity index (χ1v) is 8.79. The monoisotopic (exact) mass is 313 g/mol. The Morgan fingerprint density at radius 3 is 2.29 bits per heavy atom. The number of aliphatic imine (C=N–C) groups is 1. The molecule has 0 bridgehead atoms. The fourth-order valence-electron chi connectivity index (χ4n) is 2.52. The quantitative estimate of drug-likeness (QED) is 0.267. The maximum atomic E-state index is 11.1. The second-order valence-electron chi connectivity index (χ2n) is 6.06. The molecule has 0 saturated carbocycles. The number of hydrogen-bond donors (Lipinski definition) is 1. The SMILES string of the molecule is CCCCCCCCCC(C)CCC(CN=C=S)C(=O)O. The summed E-state index contributed by atoms with van der Waals surface area (Å²) in [6.07, 6.45) is 12.2. The van der Waals surface area contributed by atoms with Gasteiger partial charge in [0, 0.05) is 0 Å². The third kappa shape index (κ3) is 12.7. The van der Waals surface area contributed by atoms with Crippen LogP contribution in [0.1, 0.15) is 78.1 Å². The van der Waals surface area contributed by atoms with Crippen LogP contribution < -0.4 is 0 Å². The zero-order valence-electron chi connectivity index (χ0n) is 13.6. The molecule has 0 saturated heterocycles. The van der Waals surface area contributed by atoms with E-state index in [4.69, 9.17) is 5.11 Å². The smallest absolute Gasteiger partial charge is 0.308 e. The second-order valence-corrected chi connectivity index (χ2v) is 6.24. The highest BCUT2D eigenvalue weighted by molar-refractivity contribution is 7.78. The fraction of sp³-hybridized carbons (Fsp3) is 0.882. The van der Waals surface area contributed by atoms with Crippen LogP contribution in [0.2, 0.25) is 0 Å². The van der Waals surface area contributed by atoms with Gasteiger partial charge in [0.25, 0.3) is 0 Å². The highest BCUT2D eigenvalue weighted by Gasteiger charge is 2.17. The number of thiocarbonyl (C=S) groups is 1. The molecule has 0 aliphatic rings. The Labute approximate surface area is 135 Å². The Bertz CT molecular complexity index is 314. The van der Waals surface area contributed by atoms with Crippen molar-refractivity contribution >= 4 is 23.3 Å². The van der Waals surface area contributed by atoms with Gasteiger partial charge in [-0.3, -0.25) is 4.79 Å². The number of carboxylic acid groups (broad SMARTS) is 1. The number of hydrogen-bond acceptors (Lipinski definition) is 3. The van der Waals surface area contributed by atoms with Crippen LogP contribution in [-0.4, -0.2) is 22.8 Å². The predicted molar refractivity (Wildman–Crippen MR) is 92.0 cm³/mol. The Hall–Kier alpha value is -0.730. The fourth-order valence-corrected chi connectivity index (χ4v) is 2.59. The van der Waals surface area contributed by atoms with Crippen molar-refractivity contribution in [1.82, 2.24) is 0 Å². The molecule has 0 aliphatic carbocycles. The van der Waals surface area contributed by atoms with E-state index in [1.165, 1.54) is 51.4 Å². The first-order valence-electron chi connectivity index (χ1n) is 8.38. The first-order chi connectivity index (χ1) is 10.1. The summed E-state index contributed by atoms with van der Waals surface area (Å²) in [7, 11) is 0. The molecule has 4 heteroatoms. The van der Waals surface area contributed by atoms with Crippen molar-refractivity contribution in [2.75, 3.05) is 6.54 Å². The van der Waals surface area contributed by atoms with E-state index in [9.17, 15) is 4.79 Å². The van der Waals surface area contributed by atoms with E-state index in [0.29, 0.717) is 12.3 Å². The molecule has 21 heavy (non-hydrogen) atoms. The Morgan fingerprint density at radius 2 is 1.71 bits per heavy atom. The summed E-state index contributed by atoms with van der Waals surface area (Å²) in [5, 5.41) is 11.4. The van der Waals surface area contributed by atoms with Gasteiger partial charge in [-0.15, -0.1) is 0 Å². The number of aliphatic carboxylic acids is 1. The number of nitrogens with zero attached hydrogens (tertiary/aromatic N) is 1. The van der Waals surface area contributed by atoms with E-state index < -0.39 is 11.9 Å². The average Bonchev–Trinajstić information content (AvgIpc) is 2.46. The molecule has 0 spiro atoms. The lowest BCUT2D eigenvalue weighted by Gasteiger charge is -2.14. The molecule has 0 radical (unpaired) electrons. The lowest BCUT2D eigenvalue weighted by molar-refractivity contribution is -0.141. The topological polar surface area (TPSA) is 49.7 Å². The third-order valence-electron chi connectivity index (χ3n) is 4.03. The maximum absolute atomic E-state index is 11.1. The number of unbranched alkanes of at least 4 members (excludes halogenated alkanes) is 6. The molecule has 2 atom stereocenters. The zero-order valence-corrected chi connectivity index (χ0v) is 14.5. The van der Waals surface area contributed by atoms with Crippen LogP contribution in [-0.2, 0) is 4.79 Å². The molecular formula is C17H31NO2S. The van der Waals surface area contributed by atoms with Crippen LogP contribution >= 0.6 is 12.2 Å². The highest BCUT2D eigenvalue weighted by atomic mass is 32.1. The van der Waals surface area contributed by atoms with Crippen molar-refractivity contribution in [3.05, 3.63) is 0 Å². The normalized spacial score (nSPS) is 13.4. The van der Waals surface area contributed by atoms with Gasteiger partial charge in [-0.05, 0) is 31.0 Å². The van der Waals surface area contributed by atoms with Gasteiger partial charge < -0.3 is 5.11 Å². The van der Waals surface area contributed by atoms with E-state index in [1.807, 2.05) is 0 Å². The maximum Gasteiger partial charge on any atom is 0.308 e. The van der Waals surface area contributed by atoms with Gasteiger partial charge in [-0.1, -0.05) is 65.2 Å². The second kappa shape index (κ2) is 14.2. The summed E-state index contributed by atoms with van der Waals surface area (Å²) in [5.74, 6) is -0.581. The van der Waals surface area contributed by atoms with Crippen molar-refractivity contribution < 1.29 is 9.90 Å². The van der Waals surface area contributed by atoms with Gasteiger partial charge in [0.05, 0.1) is 17.6 Å². The van der Waals surface area contributed by atoms with Crippen molar-refractivity contribution in [3.8, 4) is 0 Å². The summed E-state index contributed by atoms with van der Waals surface area (Å²) in [6, 6.07) is 0. The average molecular weight is 314 g/mol. The highest BCUT2D eigenvalue weighted by Crippen LogP contribution is 2.19. The molecule has 2 unspecified atom stereocenters. The summed E-state index contributed by atoms with van der Waals surface area (Å²) in [5.41, 5.74) is 0. The largest absolute Gasteiger partial charge is 0.481 e. The van der Waals surface area contributed by atoms with E-state index in [-0.39, 0.29) is 6.54 Å². The number of isothiocyanates is 1. The summed E-state index contributed by atoms with van der Waals surface area (Å²) in [6.45, 7) is 4.73. The lowest BCUT2D eigenvalue weighted by Crippen LogP contribution is -2.17. The van der Waals surface area contributed by atoms with E-state index in [2.05, 4.69) is 36.2 Å². The van der Waals surface area contributed by atoms with Gasteiger partial charge in [0.1, 0.15) is 0 Å². The van der Waals surface area contributed by atoms with Crippen molar-refractivity contribution in [2.45, 2.75) is 78.1 Å². The molecule has 1 N–H and O–H groups in total. The molecule has 122 valence electrons. The zero-order chi connectivity index (χ0) is 15.9. The van der Waals surface area contributed by atoms with Crippen LogP contribution in [0, 0.1) is 11.8 Å². The standard InChI is InChI=1S/C17H31NO2S/c1-3-4-5-6-7-8-9-10-15(2)11-12-16(17(19)20)13-18-14-21/h15-16H,3-13H2,1-2H3,(H,19,20). The van der Waals surface area contributed by atoms with E-state index in [0.717, 1.165) is 6.42 Å². The minimum atomic E-state index is -0.771. The predicted octanol–water partition coefficient (Wildman–Crippen LogP) is 5.35. The van der Waals surface area contributed by atoms with Crippen molar-refractivity contribution in [3.63, 3.8) is 0 Å². The van der Waals surface area contributed by atoms with Crippen LogP contribution in [0.5, 0.6) is 0 Å². The lowest BCUT2D eigenvalue weighted by atomic mass is 9.93. The Kier molecular flexibility index (Phi) is 13.7. The summed E-state index contributed by atoms with van der Waals surface area (Å²) >= 11 is 4.49. The van der Waals surface area contributed by atoms with Crippen molar-refractivity contribution in [1.29, 1.82) is 0 Å². The molecule has 3 nitrogen and oxygen atoms in total. The molecule has 0 rings (SSSR count). The minimum absolute atomic E-state index is 0.267.